The Hall–Kier alpha value is -1.72. The van der Waals surface area contributed by atoms with E-state index in [0.717, 1.165) is 0 Å². The molecule has 2 aromatic carbocycles. The molecule has 0 radical (unpaired) electrons. The molecule has 0 bridgehead atoms. The largest absolute Gasteiger partial charge is 0.484 e. The highest BCUT2D eigenvalue weighted by Crippen LogP contribution is 2.28. The van der Waals surface area contributed by atoms with Gasteiger partial charge in [-0.1, -0.05) is 42.0 Å². The summed E-state index contributed by atoms with van der Waals surface area (Å²) in [5.41, 5.74) is 6.08. The van der Waals surface area contributed by atoms with Crippen LogP contribution in [0.2, 0.25) is 5.02 Å². The van der Waals surface area contributed by atoms with Gasteiger partial charge in [-0.2, -0.15) is 0 Å². The van der Waals surface area contributed by atoms with Gasteiger partial charge >= 0.3 is 0 Å². The van der Waals surface area contributed by atoms with Gasteiger partial charge in [-0.05, 0) is 18.2 Å². The summed E-state index contributed by atoms with van der Waals surface area (Å²) < 4.78 is 32.5. The average Bonchev–Trinajstić information content (AvgIpc) is 2.39. The summed E-state index contributed by atoms with van der Waals surface area (Å²) in [6.07, 6.45) is 0. The summed E-state index contributed by atoms with van der Waals surface area (Å²) in [4.78, 5) is 0.105. The van der Waals surface area contributed by atoms with Gasteiger partial charge in [0.05, 0.1) is 5.02 Å². The highest BCUT2D eigenvalue weighted by atomic mass is 35.5. The van der Waals surface area contributed by atoms with Crippen molar-refractivity contribution in [2.24, 2.45) is 5.73 Å². The smallest absolute Gasteiger partial charge is 0.174 e. The highest BCUT2D eigenvalue weighted by molar-refractivity contribution is 7.80. The minimum atomic E-state index is -0.599. The molecule has 0 amide bonds. The van der Waals surface area contributed by atoms with Gasteiger partial charge in [-0.25, -0.2) is 8.78 Å². The quantitative estimate of drug-likeness (QED) is 0.871. The van der Waals surface area contributed by atoms with Crippen molar-refractivity contribution >= 4 is 28.8 Å². The lowest BCUT2D eigenvalue weighted by Gasteiger charge is -2.10. The summed E-state index contributed by atoms with van der Waals surface area (Å²) in [5.74, 6) is -1.23. The third kappa shape index (κ3) is 3.23. The highest BCUT2D eigenvalue weighted by Gasteiger charge is 2.11. The van der Waals surface area contributed by atoms with Crippen LogP contribution in [0.5, 0.6) is 5.75 Å². The number of hydrogen-bond donors (Lipinski definition) is 1. The maximum atomic E-state index is 13.8. The Bertz CT molecular complexity index is 643. The molecule has 0 fully saturated rings. The van der Waals surface area contributed by atoms with E-state index in [0.29, 0.717) is 5.56 Å². The predicted octanol–water partition coefficient (Wildman–Crippen LogP) is 3.83. The fourth-order valence-corrected chi connectivity index (χ4v) is 1.93. The van der Waals surface area contributed by atoms with Crippen LogP contribution in [-0.2, 0) is 6.61 Å². The number of thiocarbonyl (C=S) groups is 1. The van der Waals surface area contributed by atoms with Crippen molar-refractivity contribution in [2.75, 3.05) is 0 Å². The summed E-state index contributed by atoms with van der Waals surface area (Å²) in [6.45, 7) is -0.149. The molecular formula is C14H10ClF2NOS. The molecule has 2 aromatic rings. The molecule has 0 saturated heterocycles. The standard InChI is InChI=1S/C14H10ClF2NOS/c15-10-2-1-3-11(16)13(10)19-7-9-5-4-8(14(18)20)6-12(9)17/h1-6H,7H2,(H2,18,20). The first-order valence-corrected chi connectivity index (χ1v) is 6.42. The van der Waals surface area contributed by atoms with E-state index in [1.807, 2.05) is 0 Å². The van der Waals surface area contributed by atoms with Gasteiger partial charge in [0, 0.05) is 11.1 Å². The molecule has 6 heteroatoms. The molecule has 2 nitrogen and oxygen atoms in total. The maximum Gasteiger partial charge on any atom is 0.174 e. The van der Waals surface area contributed by atoms with Crippen LogP contribution in [0.25, 0.3) is 0 Å². The summed E-state index contributed by atoms with van der Waals surface area (Å²) >= 11 is 10.6. The van der Waals surface area contributed by atoms with Crippen molar-refractivity contribution in [3.8, 4) is 5.75 Å². The van der Waals surface area contributed by atoms with E-state index >= 15 is 0 Å². The van der Waals surface area contributed by atoms with Crippen molar-refractivity contribution in [1.82, 2.24) is 0 Å². The second kappa shape index (κ2) is 6.15. The number of benzene rings is 2. The molecule has 0 aliphatic carbocycles. The molecule has 0 saturated carbocycles. The van der Waals surface area contributed by atoms with Crippen LogP contribution >= 0.6 is 23.8 Å². The Morgan fingerprint density at radius 3 is 2.55 bits per heavy atom. The van der Waals surface area contributed by atoms with Gasteiger partial charge in [0.25, 0.3) is 0 Å². The molecule has 2 N–H and O–H groups in total. The predicted molar refractivity (Wildman–Crippen MR) is 78.0 cm³/mol. The maximum absolute atomic E-state index is 13.8. The van der Waals surface area contributed by atoms with E-state index in [1.54, 1.807) is 6.07 Å². The van der Waals surface area contributed by atoms with E-state index < -0.39 is 11.6 Å². The average molecular weight is 314 g/mol. The Balaban J connectivity index is 2.17. The number of ether oxygens (including phenoxy) is 1. The first-order chi connectivity index (χ1) is 9.49. The lowest BCUT2D eigenvalue weighted by molar-refractivity contribution is 0.285. The van der Waals surface area contributed by atoms with Gasteiger partial charge in [-0.15, -0.1) is 0 Å². The van der Waals surface area contributed by atoms with E-state index in [9.17, 15) is 8.78 Å². The van der Waals surface area contributed by atoms with Crippen LogP contribution in [-0.4, -0.2) is 4.99 Å². The molecule has 0 spiro atoms. The molecule has 0 aromatic heterocycles. The Kier molecular flexibility index (Phi) is 4.52. The molecule has 104 valence electrons. The minimum Gasteiger partial charge on any atom is -0.484 e. The van der Waals surface area contributed by atoms with Crippen molar-refractivity contribution in [1.29, 1.82) is 0 Å². The zero-order chi connectivity index (χ0) is 14.7. The van der Waals surface area contributed by atoms with Gasteiger partial charge in [-0.3, -0.25) is 0 Å². The molecule has 0 aliphatic heterocycles. The third-order valence-corrected chi connectivity index (χ3v) is 3.16. The van der Waals surface area contributed by atoms with Crippen LogP contribution in [0.4, 0.5) is 8.78 Å². The molecule has 0 atom stereocenters. The molecule has 2 rings (SSSR count). The molecule has 0 aliphatic rings. The summed E-state index contributed by atoms with van der Waals surface area (Å²) in [5, 5.41) is 0.130. The minimum absolute atomic E-state index is 0.105. The van der Waals surface area contributed by atoms with Gasteiger partial charge < -0.3 is 10.5 Å². The third-order valence-electron chi connectivity index (χ3n) is 2.63. The van der Waals surface area contributed by atoms with Crippen LogP contribution in [0, 0.1) is 11.6 Å². The fourth-order valence-electron chi connectivity index (χ4n) is 1.59. The Morgan fingerprint density at radius 2 is 1.95 bits per heavy atom. The second-order valence-corrected chi connectivity index (χ2v) is 4.86. The number of para-hydroxylation sites is 1. The van der Waals surface area contributed by atoms with Gasteiger partial charge in [0.2, 0.25) is 0 Å². The fraction of sp³-hybridized carbons (Fsp3) is 0.0714. The number of rotatable bonds is 4. The van der Waals surface area contributed by atoms with Gasteiger partial charge in [0.15, 0.2) is 11.6 Å². The van der Waals surface area contributed by atoms with Crippen LogP contribution in [0.1, 0.15) is 11.1 Å². The number of hydrogen-bond acceptors (Lipinski definition) is 2. The Morgan fingerprint density at radius 1 is 1.20 bits per heavy atom. The molecular weight excluding hydrogens is 304 g/mol. The zero-order valence-electron chi connectivity index (χ0n) is 10.2. The first kappa shape index (κ1) is 14.7. The number of halogens is 3. The lowest BCUT2D eigenvalue weighted by Crippen LogP contribution is -2.10. The van der Waals surface area contributed by atoms with E-state index in [4.69, 9.17) is 34.3 Å². The van der Waals surface area contributed by atoms with Crippen LogP contribution in [0.15, 0.2) is 36.4 Å². The topological polar surface area (TPSA) is 35.2 Å². The van der Waals surface area contributed by atoms with Crippen molar-refractivity contribution < 1.29 is 13.5 Å². The van der Waals surface area contributed by atoms with E-state index in [2.05, 4.69) is 0 Å². The van der Waals surface area contributed by atoms with E-state index in [-0.39, 0.29) is 27.9 Å². The second-order valence-electron chi connectivity index (χ2n) is 4.01. The van der Waals surface area contributed by atoms with Crippen LogP contribution in [0.3, 0.4) is 0 Å². The van der Waals surface area contributed by atoms with Crippen molar-refractivity contribution in [2.45, 2.75) is 6.61 Å². The van der Waals surface area contributed by atoms with E-state index in [1.165, 1.54) is 30.3 Å². The molecule has 0 unspecified atom stereocenters. The van der Waals surface area contributed by atoms with Crippen molar-refractivity contribution in [3.63, 3.8) is 0 Å². The molecule has 0 heterocycles. The summed E-state index contributed by atoms with van der Waals surface area (Å²) in [6, 6.07) is 8.44. The molecule has 20 heavy (non-hydrogen) atoms. The SMILES string of the molecule is NC(=S)c1ccc(COc2c(F)cccc2Cl)c(F)c1. The normalized spacial score (nSPS) is 10.3. The van der Waals surface area contributed by atoms with Crippen molar-refractivity contribution in [3.05, 3.63) is 64.2 Å². The monoisotopic (exact) mass is 313 g/mol. The lowest BCUT2D eigenvalue weighted by atomic mass is 10.1. The van der Waals surface area contributed by atoms with Crippen LogP contribution < -0.4 is 10.5 Å². The Labute approximate surface area is 125 Å². The summed E-state index contributed by atoms with van der Waals surface area (Å²) in [7, 11) is 0. The zero-order valence-corrected chi connectivity index (χ0v) is 11.8. The van der Waals surface area contributed by atoms with Gasteiger partial charge in [0.1, 0.15) is 17.4 Å². The first-order valence-electron chi connectivity index (χ1n) is 5.64. The number of nitrogens with two attached hydrogens (primary N) is 1.